The van der Waals surface area contributed by atoms with Gasteiger partial charge in [0.1, 0.15) is 5.75 Å². The van der Waals surface area contributed by atoms with E-state index in [1.807, 2.05) is 19.1 Å². The molecule has 2 N–H and O–H groups in total. The average Bonchev–Trinajstić information content (AvgIpc) is 2.45. The molecule has 0 heterocycles. The SMILES string of the molecule is CCOc1ccc(CC(CN)c2cc(C)cc(C)c2)cc1. The molecule has 2 aromatic rings. The van der Waals surface area contributed by atoms with Gasteiger partial charge in [0, 0.05) is 5.92 Å². The lowest BCUT2D eigenvalue weighted by Gasteiger charge is -2.17. The van der Waals surface area contributed by atoms with Gasteiger partial charge in [0.05, 0.1) is 6.61 Å². The average molecular weight is 283 g/mol. The summed E-state index contributed by atoms with van der Waals surface area (Å²) in [7, 11) is 0. The normalized spacial score (nSPS) is 12.2. The van der Waals surface area contributed by atoms with Crippen molar-refractivity contribution < 1.29 is 4.74 Å². The van der Waals surface area contributed by atoms with Crippen LogP contribution in [0.1, 0.15) is 35.1 Å². The van der Waals surface area contributed by atoms with Crippen LogP contribution in [0.25, 0.3) is 0 Å². The summed E-state index contributed by atoms with van der Waals surface area (Å²) in [4.78, 5) is 0. The molecule has 0 radical (unpaired) electrons. The molecule has 2 nitrogen and oxygen atoms in total. The minimum absolute atomic E-state index is 0.363. The zero-order valence-electron chi connectivity index (χ0n) is 13.2. The van der Waals surface area contributed by atoms with Gasteiger partial charge in [-0.2, -0.15) is 0 Å². The number of aryl methyl sites for hydroxylation is 2. The van der Waals surface area contributed by atoms with Crippen LogP contribution in [0.3, 0.4) is 0 Å². The van der Waals surface area contributed by atoms with Crippen LogP contribution >= 0.6 is 0 Å². The van der Waals surface area contributed by atoms with Gasteiger partial charge in [0.15, 0.2) is 0 Å². The maximum Gasteiger partial charge on any atom is 0.119 e. The predicted molar refractivity (Wildman–Crippen MR) is 89.0 cm³/mol. The molecule has 0 saturated carbocycles. The predicted octanol–water partition coefficient (Wildman–Crippen LogP) is 3.99. The molecule has 21 heavy (non-hydrogen) atoms. The van der Waals surface area contributed by atoms with E-state index in [0.29, 0.717) is 19.1 Å². The molecular formula is C19H25NO. The summed E-state index contributed by atoms with van der Waals surface area (Å²) in [5, 5.41) is 0. The quantitative estimate of drug-likeness (QED) is 0.870. The molecule has 0 aliphatic rings. The lowest BCUT2D eigenvalue weighted by atomic mass is 9.90. The third kappa shape index (κ3) is 4.33. The van der Waals surface area contributed by atoms with Crippen molar-refractivity contribution >= 4 is 0 Å². The van der Waals surface area contributed by atoms with Crippen LogP contribution in [-0.4, -0.2) is 13.2 Å². The fourth-order valence-electron chi connectivity index (χ4n) is 2.76. The number of hydrogen-bond donors (Lipinski definition) is 1. The van der Waals surface area contributed by atoms with E-state index in [2.05, 4.69) is 44.2 Å². The first-order valence-corrected chi connectivity index (χ1v) is 7.62. The summed E-state index contributed by atoms with van der Waals surface area (Å²) in [5.74, 6) is 1.29. The molecule has 0 aliphatic heterocycles. The summed E-state index contributed by atoms with van der Waals surface area (Å²) in [6, 6.07) is 15.0. The molecule has 0 spiro atoms. The molecular weight excluding hydrogens is 258 g/mol. The van der Waals surface area contributed by atoms with Crippen molar-refractivity contribution in [1.82, 2.24) is 0 Å². The van der Waals surface area contributed by atoms with E-state index >= 15 is 0 Å². The minimum atomic E-state index is 0.363. The van der Waals surface area contributed by atoms with E-state index in [0.717, 1.165) is 12.2 Å². The second-order valence-electron chi connectivity index (χ2n) is 5.63. The summed E-state index contributed by atoms with van der Waals surface area (Å²) < 4.78 is 5.48. The van der Waals surface area contributed by atoms with Crippen molar-refractivity contribution in [3.8, 4) is 5.75 Å². The highest BCUT2D eigenvalue weighted by Crippen LogP contribution is 2.23. The van der Waals surface area contributed by atoms with Crippen LogP contribution in [0.4, 0.5) is 0 Å². The van der Waals surface area contributed by atoms with Gasteiger partial charge in [-0.05, 0) is 57.0 Å². The summed E-state index contributed by atoms with van der Waals surface area (Å²) >= 11 is 0. The van der Waals surface area contributed by atoms with Gasteiger partial charge < -0.3 is 10.5 Å². The van der Waals surface area contributed by atoms with Crippen LogP contribution in [0.5, 0.6) is 5.75 Å². The highest BCUT2D eigenvalue weighted by atomic mass is 16.5. The highest BCUT2D eigenvalue weighted by Gasteiger charge is 2.11. The van der Waals surface area contributed by atoms with Crippen molar-refractivity contribution in [2.24, 2.45) is 5.73 Å². The first-order chi connectivity index (χ1) is 10.1. The molecule has 0 aromatic heterocycles. The summed E-state index contributed by atoms with van der Waals surface area (Å²) in [5.41, 5.74) is 11.2. The standard InChI is InChI=1S/C19H25NO/c1-4-21-19-7-5-16(6-8-19)12-18(13-20)17-10-14(2)9-15(3)11-17/h5-11,18H,4,12-13,20H2,1-3H3. The van der Waals surface area contributed by atoms with Gasteiger partial charge in [0.25, 0.3) is 0 Å². The molecule has 1 unspecified atom stereocenters. The molecule has 0 amide bonds. The highest BCUT2D eigenvalue weighted by molar-refractivity contribution is 5.34. The van der Waals surface area contributed by atoms with Crippen molar-refractivity contribution in [2.75, 3.05) is 13.2 Å². The Morgan fingerprint density at radius 1 is 1.00 bits per heavy atom. The molecule has 1 atom stereocenters. The van der Waals surface area contributed by atoms with E-state index in [1.54, 1.807) is 0 Å². The fourth-order valence-corrected chi connectivity index (χ4v) is 2.76. The Bertz CT molecular complexity index is 554. The van der Waals surface area contributed by atoms with E-state index in [-0.39, 0.29) is 0 Å². The second kappa shape index (κ2) is 7.28. The molecule has 2 aromatic carbocycles. The molecule has 0 bridgehead atoms. The first-order valence-electron chi connectivity index (χ1n) is 7.62. The smallest absolute Gasteiger partial charge is 0.119 e. The van der Waals surface area contributed by atoms with Crippen LogP contribution in [0, 0.1) is 13.8 Å². The third-order valence-corrected chi connectivity index (χ3v) is 3.72. The Morgan fingerprint density at radius 3 is 2.14 bits per heavy atom. The second-order valence-corrected chi connectivity index (χ2v) is 5.63. The first kappa shape index (κ1) is 15.6. The van der Waals surface area contributed by atoms with E-state index in [1.165, 1.54) is 22.3 Å². The van der Waals surface area contributed by atoms with Gasteiger partial charge in [-0.1, -0.05) is 41.5 Å². The lowest BCUT2D eigenvalue weighted by molar-refractivity contribution is 0.340. The van der Waals surface area contributed by atoms with Gasteiger partial charge in [-0.3, -0.25) is 0 Å². The Morgan fingerprint density at radius 2 is 1.62 bits per heavy atom. The van der Waals surface area contributed by atoms with Crippen LogP contribution in [0.2, 0.25) is 0 Å². The van der Waals surface area contributed by atoms with Gasteiger partial charge in [0.2, 0.25) is 0 Å². The maximum atomic E-state index is 6.01. The topological polar surface area (TPSA) is 35.2 Å². The Labute approximate surface area is 127 Å². The molecule has 2 rings (SSSR count). The largest absolute Gasteiger partial charge is 0.494 e. The van der Waals surface area contributed by atoms with Crippen molar-refractivity contribution in [3.63, 3.8) is 0 Å². The fraction of sp³-hybridized carbons (Fsp3) is 0.368. The zero-order chi connectivity index (χ0) is 15.2. The van der Waals surface area contributed by atoms with Crippen molar-refractivity contribution in [1.29, 1.82) is 0 Å². The molecule has 0 saturated heterocycles. The number of nitrogens with two attached hydrogens (primary N) is 1. The van der Waals surface area contributed by atoms with E-state index in [4.69, 9.17) is 10.5 Å². The van der Waals surface area contributed by atoms with Crippen molar-refractivity contribution in [3.05, 3.63) is 64.7 Å². The number of benzene rings is 2. The Kier molecular flexibility index (Phi) is 5.40. The molecule has 112 valence electrons. The molecule has 0 aliphatic carbocycles. The summed E-state index contributed by atoms with van der Waals surface area (Å²) in [6.07, 6.45) is 0.964. The van der Waals surface area contributed by atoms with E-state index in [9.17, 15) is 0 Å². The number of hydrogen-bond acceptors (Lipinski definition) is 2. The number of rotatable bonds is 6. The van der Waals surface area contributed by atoms with E-state index < -0.39 is 0 Å². The zero-order valence-corrected chi connectivity index (χ0v) is 13.2. The Balaban J connectivity index is 2.14. The van der Waals surface area contributed by atoms with Crippen LogP contribution < -0.4 is 10.5 Å². The maximum absolute atomic E-state index is 6.01. The molecule has 2 heteroatoms. The van der Waals surface area contributed by atoms with Crippen LogP contribution in [-0.2, 0) is 6.42 Å². The summed E-state index contributed by atoms with van der Waals surface area (Å²) in [6.45, 7) is 7.64. The third-order valence-electron chi connectivity index (χ3n) is 3.72. The monoisotopic (exact) mass is 283 g/mol. The van der Waals surface area contributed by atoms with Crippen molar-refractivity contribution in [2.45, 2.75) is 33.1 Å². The Hall–Kier alpha value is -1.80. The number of ether oxygens (including phenoxy) is 1. The molecule has 0 fully saturated rings. The van der Waals surface area contributed by atoms with Gasteiger partial charge in [-0.25, -0.2) is 0 Å². The van der Waals surface area contributed by atoms with Crippen LogP contribution in [0.15, 0.2) is 42.5 Å². The minimum Gasteiger partial charge on any atom is -0.494 e. The van der Waals surface area contributed by atoms with Gasteiger partial charge in [-0.15, -0.1) is 0 Å². The lowest BCUT2D eigenvalue weighted by Crippen LogP contribution is -2.15. The van der Waals surface area contributed by atoms with Gasteiger partial charge >= 0.3 is 0 Å².